The van der Waals surface area contributed by atoms with Gasteiger partial charge in [-0.1, -0.05) is 0 Å². The Morgan fingerprint density at radius 1 is 1.41 bits per heavy atom. The number of hydrogen-bond acceptors (Lipinski definition) is 3. The zero-order chi connectivity index (χ0) is 12.3. The monoisotopic (exact) mass is 295 g/mol. The van der Waals surface area contributed by atoms with Gasteiger partial charge in [-0.25, -0.2) is 4.98 Å². The van der Waals surface area contributed by atoms with Gasteiger partial charge < -0.3 is 9.67 Å². The van der Waals surface area contributed by atoms with Crippen LogP contribution in [0, 0.1) is 0 Å². The van der Waals surface area contributed by atoms with Gasteiger partial charge in [-0.05, 0) is 35.0 Å². The van der Waals surface area contributed by atoms with Crippen LogP contribution in [0.15, 0.2) is 35.2 Å². The number of imidazole rings is 1. The van der Waals surface area contributed by atoms with Gasteiger partial charge in [0.2, 0.25) is 0 Å². The van der Waals surface area contributed by atoms with Crippen molar-refractivity contribution in [1.82, 2.24) is 14.5 Å². The maximum absolute atomic E-state index is 10.1. The number of hydrogen-bond donors (Lipinski definition) is 1. The quantitative estimate of drug-likeness (QED) is 0.942. The highest BCUT2D eigenvalue weighted by atomic mass is 79.9. The molecule has 0 aliphatic heterocycles. The van der Waals surface area contributed by atoms with Crippen molar-refractivity contribution < 1.29 is 5.11 Å². The van der Waals surface area contributed by atoms with Crippen LogP contribution in [0.2, 0.25) is 0 Å². The summed E-state index contributed by atoms with van der Waals surface area (Å²) in [6.07, 6.45) is 5.22. The molecule has 2 rings (SSSR count). The molecule has 0 fully saturated rings. The molecule has 0 spiro atoms. The Labute approximate surface area is 108 Å². The fourth-order valence-corrected chi connectivity index (χ4v) is 1.91. The second-order valence-corrected chi connectivity index (χ2v) is 4.67. The van der Waals surface area contributed by atoms with E-state index >= 15 is 0 Å². The van der Waals surface area contributed by atoms with Crippen molar-refractivity contribution >= 4 is 15.9 Å². The van der Waals surface area contributed by atoms with E-state index in [9.17, 15) is 5.11 Å². The van der Waals surface area contributed by atoms with Crippen LogP contribution in [0.3, 0.4) is 0 Å². The molecule has 4 nitrogen and oxygen atoms in total. The van der Waals surface area contributed by atoms with Crippen molar-refractivity contribution in [2.75, 3.05) is 0 Å². The first-order valence-electron chi connectivity index (χ1n) is 5.50. The van der Waals surface area contributed by atoms with Crippen LogP contribution in [0.25, 0.3) is 0 Å². The third-order valence-electron chi connectivity index (χ3n) is 2.61. The van der Waals surface area contributed by atoms with E-state index in [2.05, 4.69) is 32.8 Å². The van der Waals surface area contributed by atoms with Crippen LogP contribution < -0.4 is 0 Å². The fraction of sp³-hybridized carbons (Fsp3) is 0.333. The second-order valence-electron chi connectivity index (χ2n) is 3.75. The lowest BCUT2D eigenvalue weighted by molar-refractivity contribution is 0.169. The first-order valence-corrected chi connectivity index (χ1v) is 6.29. The smallest absolute Gasteiger partial charge is 0.111 e. The maximum atomic E-state index is 10.1. The number of aliphatic hydroxyl groups is 1. The number of pyridine rings is 1. The first-order chi connectivity index (χ1) is 8.20. The van der Waals surface area contributed by atoms with E-state index in [4.69, 9.17) is 0 Å². The summed E-state index contributed by atoms with van der Waals surface area (Å²) >= 11 is 3.32. The molecular weight excluding hydrogens is 282 g/mol. The molecule has 0 amide bonds. The fourth-order valence-electron chi connectivity index (χ4n) is 1.68. The first kappa shape index (κ1) is 12.3. The summed E-state index contributed by atoms with van der Waals surface area (Å²) < 4.78 is 2.92. The van der Waals surface area contributed by atoms with Crippen molar-refractivity contribution in [3.05, 3.63) is 46.7 Å². The minimum Gasteiger partial charge on any atom is -0.386 e. The molecule has 1 atom stereocenters. The molecule has 0 bridgehead atoms. The molecule has 0 saturated heterocycles. The molecule has 1 unspecified atom stereocenters. The molecule has 5 heteroatoms. The van der Waals surface area contributed by atoms with Gasteiger partial charge >= 0.3 is 0 Å². The number of rotatable bonds is 4. The van der Waals surface area contributed by atoms with E-state index in [1.54, 1.807) is 12.4 Å². The molecule has 0 aliphatic carbocycles. The largest absolute Gasteiger partial charge is 0.386 e. The average molecular weight is 296 g/mol. The summed E-state index contributed by atoms with van der Waals surface area (Å²) in [5.74, 6) is 0.879. The van der Waals surface area contributed by atoms with E-state index in [1.807, 2.05) is 22.9 Å². The Morgan fingerprint density at radius 3 is 2.88 bits per heavy atom. The molecular formula is C12H14BrN3O. The van der Waals surface area contributed by atoms with Crippen molar-refractivity contribution in [3.8, 4) is 0 Å². The SMILES string of the molecule is CCn1ccnc1CC(O)c1ccc(Br)cn1. The van der Waals surface area contributed by atoms with Gasteiger partial charge in [0.05, 0.1) is 5.69 Å². The Bertz CT molecular complexity index is 481. The van der Waals surface area contributed by atoms with Gasteiger partial charge in [-0.15, -0.1) is 0 Å². The predicted molar refractivity (Wildman–Crippen MR) is 68.5 cm³/mol. The van der Waals surface area contributed by atoms with Crippen LogP contribution >= 0.6 is 15.9 Å². The van der Waals surface area contributed by atoms with Gasteiger partial charge in [-0.3, -0.25) is 4.98 Å². The average Bonchev–Trinajstić information content (AvgIpc) is 2.77. The Hall–Kier alpha value is -1.20. The van der Waals surface area contributed by atoms with Gasteiger partial charge in [-0.2, -0.15) is 0 Å². The molecule has 2 aromatic heterocycles. The number of nitrogens with zero attached hydrogens (tertiary/aromatic N) is 3. The molecule has 0 aromatic carbocycles. The summed E-state index contributed by atoms with van der Waals surface area (Å²) in [4.78, 5) is 8.42. The molecule has 0 saturated carbocycles. The van der Waals surface area contributed by atoms with Crippen molar-refractivity contribution in [2.45, 2.75) is 26.0 Å². The highest BCUT2D eigenvalue weighted by molar-refractivity contribution is 9.10. The molecule has 0 aliphatic rings. The summed E-state index contributed by atoms with van der Waals surface area (Å²) in [6.45, 7) is 2.91. The van der Waals surface area contributed by atoms with Crippen LogP contribution in [-0.4, -0.2) is 19.6 Å². The number of aryl methyl sites for hydroxylation is 1. The number of aromatic nitrogens is 3. The lowest BCUT2D eigenvalue weighted by atomic mass is 10.1. The highest BCUT2D eigenvalue weighted by Gasteiger charge is 2.13. The van der Waals surface area contributed by atoms with Gasteiger partial charge in [0, 0.05) is 36.0 Å². The number of halogens is 1. The molecule has 1 N–H and O–H groups in total. The summed E-state index contributed by atoms with van der Waals surface area (Å²) in [6, 6.07) is 3.69. The van der Waals surface area contributed by atoms with Gasteiger partial charge in [0.1, 0.15) is 11.9 Å². The van der Waals surface area contributed by atoms with Crippen LogP contribution in [0.4, 0.5) is 0 Å². The molecule has 0 radical (unpaired) electrons. The summed E-state index contributed by atoms with van der Waals surface area (Å²) in [5, 5.41) is 10.1. The standard InChI is InChI=1S/C12H14BrN3O/c1-2-16-6-5-14-12(16)7-11(17)10-4-3-9(13)8-15-10/h3-6,8,11,17H,2,7H2,1H3. The topological polar surface area (TPSA) is 50.9 Å². The van der Waals surface area contributed by atoms with E-state index in [-0.39, 0.29) is 0 Å². The van der Waals surface area contributed by atoms with E-state index in [0.717, 1.165) is 16.8 Å². The van der Waals surface area contributed by atoms with Gasteiger partial charge in [0.25, 0.3) is 0 Å². The van der Waals surface area contributed by atoms with Crippen LogP contribution in [0.1, 0.15) is 24.5 Å². The highest BCUT2D eigenvalue weighted by Crippen LogP contribution is 2.17. The second kappa shape index (κ2) is 5.42. The molecule has 90 valence electrons. The maximum Gasteiger partial charge on any atom is 0.111 e. The van der Waals surface area contributed by atoms with E-state index in [0.29, 0.717) is 12.1 Å². The number of aliphatic hydroxyl groups excluding tert-OH is 1. The summed E-state index contributed by atoms with van der Waals surface area (Å²) in [5.41, 5.74) is 0.666. The third-order valence-corrected chi connectivity index (χ3v) is 3.08. The van der Waals surface area contributed by atoms with E-state index in [1.165, 1.54) is 0 Å². The predicted octanol–water partition coefficient (Wildman–Crippen LogP) is 2.34. The minimum absolute atomic E-state index is 0.482. The Balaban J connectivity index is 2.11. The summed E-state index contributed by atoms with van der Waals surface area (Å²) in [7, 11) is 0. The molecule has 2 aromatic rings. The Morgan fingerprint density at radius 2 is 2.24 bits per heavy atom. The van der Waals surface area contributed by atoms with E-state index < -0.39 is 6.10 Å². The minimum atomic E-state index is -0.615. The van der Waals surface area contributed by atoms with Crippen molar-refractivity contribution in [3.63, 3.8) is 0 Å². The lowest BCUT2D eigenvalue weighted by Crippen LogP contribution is -2.09. The van der Waals surface area contributed by atoms with Crippen LogP contribution in [0.5, 0.6) is 0 Å². The normalized spacial score (nSPS) is 12.6. The molecule has 2 heterocycles. The Kier molecular flexibility index (Phi) is 3.91. The van der Waals surface area contributed by atoms with Crippen LogP contribution in [-0.2, 0) is 13.0 Å². The zero-order valence-corrected chi connectivity index (χ0v) is 11.1. The van der Waals surface area contributed by atoms with Crippen molar-refractivity contribution in [1.29, 1.82) is 0 Å². The molecule has 17 heavy (non-hydrogen) atoms. The van der Waals surface area contributed by atoms with Gasteiger partial charge in [0.15, 0.2) is 0 Å². The zero-order valence-electron chi connectivity index (χ0n) is 9.55. The van der Waals surface area contributed by atoms with Crippen molar-refractivity contribution in [2.24, 2.45) is 0 Å². The lowest BCUT2D eigenvalue weighted by Gasteiger charge is -2.10. The third kappa shape index (κ3) is 2.92.